The van der Waals surface area contributed by atoms with Crippen LogP contribution in [-0.4, -0.2) is 5.37 Å². The fraction of sp³-hybridized carbons (Fsp3) is 0.133. The molecule has 0 N–H and O–H groups in total. The van der Waals surface area contributed by atoms with Crippen LogP contribution >= 0.6 is 11.6 Å². The molecule has 0 aliphatic carbocycles. The van der Waals surface area contributed by atoms with Crippen LogP contribution in [-0.2, 0) is 4.74 Å². The Morgan fingerprint density at radius 3 is 1.89 bits per heavy atom. The van der Waals surface area contributed by atoms with Crippen molar-refractivity contribution < 1.29 is 9.53 Å². The molecule has 0 unspecified atom stereocenters. The highest BCUT2D eigenvalue weighted by molar-refractivity contribution is 6.67. The van der Waals surface area contributed by atoms with Gasteiger partial charge in [-0.1, -0.05) is 36.4 Å². The first-order valence-electron chi connectivity index (χ1n) is 6.10. The number of fused-ring (bicyclic) bond motifs is 5. The molecule has 1 fully saturated rings. The average molecular weight is 272 g/mol. The minimum absolute atomic E-state index is 0.0263. The van der Waals surface area contributed by atoms with Gasteiger partial charge < -0.3 is 4.74 Å². The van der Waals surface area contributed by atoms with Crippen molar-refractivity contribution in [1.82, 2.24) is 0 Å². The number of ether oxygens (including phenoxy) is 1. The van der Waals surface area contributed by atoms with Crippen LogP contribution in [0.5, 0.6) is 0 Å². The Kier molecular flexibility index (Phi) is 2.22. The molecule has 0 bridgehead atoms. The van der Waals surface area contributed by atoms with Crippen molar-refractivity contribution in [3.63, 3.8) is 0 Å². The van der Waals surface area contributed by atoms with Gasteiger partial charge in [0.1, 0.15) is 12.2 Å². The van der Waals surface area contributed by atoms with Crippen LogP contribution in [0.1, 0.15) is 23.3 Å². The Hall–Kier alpha value is -1.84. The second-order valence-electron chi connectivity index (χ2n) is 4.68. The number of halogens is 1. The van der Waals surface area contributed by atoms with Crippen LogP contribution < -0.4 is 4.90 Å². The molecule has 0 saturated carbocycles. The van der Waals surface area contributed by atoms with E-state index in [2.05, 4.69) is 0 Å². The van der Waals surface area contributed by atoms with E-state index in [0.29, 0.717) is 0 Å². The minimum Gasteiger partial charge on any atom is -0.359 e. The highest BCUT2D eigenvalue weighted by atomic mass is 35.5. The van der Waals surface area contributed by atoms with Crippen LogP contribution in [0.4, 0.5) is 16.2 Å². The molecule has 2 aliphatic rings. The van der Waals surface area contributed by atoms with Crippen LogP contribution in [0.2, 0.25) is 0 Å². The van der Waals surface area contributed by atoms with Gasteiger partial charge in [0.05, 0.1) is 11.4 Å². The lowest BCUT2D eigenvalue weighted by atomic mass is 10.0. The van der Waals surface area contributed by atoms with Crippen LogP contribution in [0.3, 0.4) is 0 Å². The molecule has 19 heavy (non-hydrogen) atoms. The summed E-state index contributed by atoms with van der Waals surface area (Å²) in [6, 6.07) is 15.5. The summed E-state index contributed by atoms with van der Waals surface area (Å²) < 4.78 is 5.76. The number of epoxide rings is 1. The number of para-hydroxylation sites is 2. The van der Waals surface area contributed by atoms with E-state index < -0.39 is 5.37 Å². The standard InChI is InChI=1S/C15H10ClNO2/c16-15(18)17-11-7-3-1-5-9(11)13-14(19-13)10-6-2-4-8-12(10)17/h1-8,13-14H/t13-,14-/m1/s1. The van der Waals surface area contributed by atoms with Gasteiger partial charge in [-0.25, -0.2) is 0 Å². The zero-order valence-corrected chi connectivity index (χ0v) is 10.7. The monoisotopic (exact) mass is 271 g/mol. The SMILES string of the molecule is O=C(Cl)N1c2ccccc2[C@H]2O[C@@H]2c2ccccc21. The molecule has 4 rings (SSSR count). The molecule has 3 nitrogen and oxygen atoms in total. The molecular weight excluding hydrogens is 262 g/mol. The summed E-state index contributed by atoms with van der Waals surface area (Å²) in [4.78, 5) is 13.4. The second kappa shape index (κ2) is 3.83. The van der Waals surface area contributed by atoms with Crippen molar-refractivity contribution in [1.29, 1.82) is 0 Å². The van der Waals surface area contributed by atoms with Gasteiger partial charge in [0.25, 0.3) is 0 Å². The summed E-state index contributed by atoms with van der Waals surface area (Å²) in [5, 5.41) is -0.499. The Balaban J connectivity index is 2.02. The van der Waals surface area contributed by atoms with Gasteiger partial charge in [0.2, 0.25) is 0 Å². The van der Waals surface area contributed by atoms with E-state index >= 15 is 0 Å². The Morgan fingerprint density at radius 2 is 1.42 bits per heavy atom. The van der Waals surface area contributed by atoms with E-state index in [0.717, 1.165) is 22.5 Å². The molecule has 2 atom stereocenters. The van der Waals surface area contributed by atoms with Gasteiger partial charge in [-0.15, -0.1) is 0 Å². The molecule has 1 saturated heterocycles. The fourth-order valence-corrected chi connectivity index (χ4v) is 2.95. The molecule has 0 spiro atoms. The molecule has 4 heteroatoms. The van der Waals surface area contributed by atoms with Crippen molar-refractivity contribution in [3.8, 4) is 0 Å². The first-order valence-corrected chi connectivity index (χ1v) is 6.48. The number of hydrogen-bond acceptors (Lipinski definition) is 2. The molecule has 94 valence electrons. The van der Waals surface area contributed by atoms with E-state index in [9.17, 15) is 4.79 Å². The molecule has 2 aromatic rings. The topological polar surface area (TPSA) is 32.8 Å². The fourth-order valence-electron chi connectivity index (χ4n) is 2.77. The molecule has 2 aliphatic heterocycles. The lowest BCUT2D eigenvalue weighted by molar-refractivity contribution is 0.266. The highest BCUT2D eigenvalue weighted by Gasteiger charge is 2.47. The summed E-state index contributed by atoms with van der Waals surface area (Å²) >= 11 is 5.79. The molecular formula is C15H10ClNO2. The number of nitrogens with zero attached hydrogens (tertiary/aromatic N) is 1. The van der Waals surface area contributed by atoms with E-state index in [1.54, 1.807) is 4.90 Å². The third-order valence-corrected chi connectivity index (χ3v) is 3.80. The Bertz CT molecular complexity index is 634. The number of hydrogen-bond donors (Lipinski definition) is 0. The van der Waals surface area contributed by atoms with Crippen molar-refractivity contribution in [3.05, 3.63) is 59.7 Å². The quantitative estimate of drug-likeness (QED) is 0.406. The number of benzene rings is 2. The molecule has 0 aromatic heterocycles. The average Bonchev–Trinajstić information content (AvgIpc) is 3.19. The summed E-state index contributed by atoms with van der Waals surface area (Å²) in [7, 11) is 0. The summed E-state index contributed by atoms with van der Waals surface area (Å²) in [5.41, 5.74) is 3.63. The maximum atomic E-state index is 11.8. The zero-order valence-electron chi connectivity index (χ0n) is 9.92. The first kappa shape index (κ1) is 11.0. The third-order valence-electron chi connectivity index (χ3n) is 3.64. The predicted molar refractivity (Wildman–Crippen MR) is 72.8 cm³/mol. The third kappa shape index (κ3) is 1.52. The van der Waals surface area contributed by atoms with Gasteiger partial charge >= 0.3 is 5.37 Å². The van der Waals surface area contributed by atoms with Crippen LogP contribution in [0, 0.1) is 0 Å². The van der Waals surface area contributed by atoms with E-state index in [1.165, 1.54) is 0 Å². The van der Waals surface area contributed by atoms with E-state index in [4.69, 9.17) is 16.3 Å². The van der Waals surface area contributed by atoms with Crippen molar-refractivity contribution >= 4 is 28.3 Å². The normalized spacial score (nSPS) is 22.9. The number of carbonyl (C=O) groups is 1. The lowest BCUT2D eigenvalue weighted by Gasteiger charge is -2.22. The highest BCUT2D eigenvalue weighted by Crippen LogP contribution is 2.58. The summed E-state index contributed by atoms with van der Waals surface area (Å²) in [6.45, 7) is 0. The van der Waals surface area contributed by atoms with Crippen molar-refractivity contribution in [2.24, 2.45) is 0 Å². The number of rotatable bonds is 0. The molecule has 1 amide bonds. The van der Waals surface area contributed by atoms with Crippen LogP contribution in [0.25, 0.3) is 0 Å². The maximum Gasteiger partial charge on any atom is 0.325 e. The van der Waals surface area contributed by atoms with Gasteiger partial charge in [0, 0.05) is 11.1 Å². The Labute approximate surface area is 115 Å². The maximum absolute atomic E-state index is 11.8. The smallest absolute Gasteiger partial charge is 0.325 e. The van der Waals surface area contributed by atoms with Crippen molar-refractivity contribution in [2.45, 2.75) is 12.2 Å². The van der Waals surface area contributed by atoms with E-state index in [1.807, 2.05) is 48.5 Å². The van der Waals surface area contributed by atoms with E-state index in [-0.39, 0.29) is 12.2 Å². The lowest BCUT2D eigenvalue weighted by Crippen LogP contribution is -2.21. The first-order chi connectivity index (χ1) is 9.27. The van der Waals surface area contributed by atoms with Gasteiger partial charge in [0.15, 0.2) is 0 Å². The van der Waals surface area contributed by atoms with Crippen LogP contribution in [0.15, 0.2) is 48.5 Å². The number of carbonyl (C=O) groups excluding carboxylic acids is 1. The van der Waals surface area contributed by atoms with Crippen molar-refractivity contribution in [2.75, 3.05) is 4.90 Å². The van der Waals surface area contributed by atoms with Gasteiger partial charge in [-0.05, 0) is 23.7 Å². The number of amides is 1. The largest absolute Gasteiger partial charge is 0.359 e. The predicted octanol–water partition coefficient (Wildman–Crippen LogP) is 4.31. The zero-order chi connectivity index (χ0) is 13.0. The molecule has 2 aromatic carbocycles. The van der Waals surface area contributed by atoms with Gasteiger partial charge in [-0.2, -0.15) is 0 Å². The molecule has 0 radical (unpaired) electrons. The van der Waals surface area contributed by atoms with Gasteiger partial charge in [-0.3, -0.25) is 9.69 Å². The summed E-state index contributed by atoms with van der Waals surface area (Å²) in [5.74, 6) is 0. The minimum atomic E-state index is -0.499. The second-order valence-corrected chi connectivity index (χ2v) is 5.01. The molecule has 2 heterocycles. The number of anilines is 2. The Morgan fingerprint density at radius 1 is 0.947 bits per heavy atom. The summed E-state index contributed by atoms with van der Waals surface area (Å²) in [6.07, 6.45) is 0.0525.